The third kappa shape index (κ3) is 3.26. The number of anilines is 1. The third-order valence-electron chi connectivity index (χ3n) is 3.17. The van der Waals surface area contributed by atoms with Gasteiger partial charge in [0.15, 0.2) is 0 Å². The lowest BCUT2D eigenvalue weighted by Gasteiger charge is -2.20. The largest absolute Gasteiger partial charge is 0.494 e. The predicted octanol–water partition coefficient (Wildman–Crippen LogP) is 4.54. The van der Waals surface area contributed by atoms with Crippen LogP contribution >= 0.6 is 0 Å². The molecule has 0 radical (unpaired) electrons. The van der Waals surface area contributed by atoms with Crippen LogP contribution in [0.1, 0.15) is 24.9 Å². The van der Waals surface area contributed by atoms with Crippen molar-refractivity contribution in [1.29, 1.82) is 0 Å². The lowest BCUT2D eigenvalue weighted by Crippen LogP contribution is -2.10. The van der Waals surface area contributed by atoms with Gasteiger partial charge in [-0.25, -0.2) is 8.78 Å². The van der Waals surface area contributed by atoms with Gasteiger partial charge in [-0.2, -0.15) is 0 Å². The maximum Gasteiger partial charge on any atom is 0.144 e. The van der Waals surface area contributed by atoms with Crippen molar-refractivity contribution in [2.45, 2.75) is 19.4 Å². The molecule has 0 aliphatic carbocycles. The van der Waals surface area contributed by atoms with Gasteiger partial charge in [-0.3, -0.25) is 0 Å². The summed E-state index contributed by atoms with van der Waals surface area (Å²) >= 11 is 0. The number of hydrogen-bond donors (Lipinski definition) is 1. The Bertz CT molecular complexity index is 569. The molecule has 0 saturated heterocycles. The summed E-state index contributed by atoms with van der Waals surface area (Å²) in [7, 11) is 1.50. The molecule has 0 aliphatic heterocycles. The summed E-state index contributed by atoms with van der Waals surface area (Å²) in [6.45, 7) is 2.02. The molecule has 2 aromatic carbocycles. The van der Waals surface area contributed by atoms with Crippen LogP contribution in [0.25, 0.3) is 0 Å². The molecule has 0 fully saturated rings. The molecular formula is C16H17F2NO. The normalized spacial score (nSPS) is 12.0. The lowest BCUT2D eigenvalue weighted by atomic mass is 10.0. The molecule has 1 atom stereocenters. The molecule has 0 aromatic heterocycles. The molecule has 2 nitrogen and oxygen atoms in total. The van der Waals surface area contributed by atoms with E-state index in [0.29, 0.717) is 11.4 Å². The van der Waals surface area contributed by atoms with Gasteiger partial charge in [0.25, 0.3) is 0 Å². The van der Waals surface area contributed by atoms with Gasteiger partial charge in [0.05, 0.1) is 18.8 Å². The van der Waals surface area contributed by atoms with E-state index in [1.165, 1.54) is 31.4 Å². The maximum absolute atomic E-state index is 13.2. The monoisotopic (exact) mass is 277 g/mol. The zero-order valence-corrected chi connectivity index (χ0v) is 11.5. The molecule has 1 N–H and O–H groups in total. The standard InChI is InChI=1S/C16H17F2NO/c1-3-14(11-4-6-12(17)7-5-11)19-15-9-8-13(18)10-16(15)20-2/h4-10,14,19H,3H2,1-2H3. The molecule has 4 heteroatoms. The molecule has 0 heterocycles. The van der Waals surface area contributed by atoms with Crippen molar-refractivity contribution in [2.24, 2.45) is 0 Å². The zero-order chi connectivity index (χ0) is 14.5. The van der Waals surface area contributed by atoms with Crippen molar-refractivity contribution in [3.8, 4) is 5.75 Å². The van der Waals surface area contributed by atoms with E-state index < -0.39 is 0 Å². The summed E-state index contributed by atoms with van der Waals surface area (Å²) in [6, 6.07) is 10.7. The number of hydrogen-bond acceptors (Lipinski definition) is 2. The van der Waals surface area contributed by atoms with Crippen LogP contribution in [0.15, 0.2) is 42.5 Å². The average molecular weight is 277 g/mol. The van der Waals surface area contributed by atoms with E-state index in [9.17, 15) is 8.78 Å². The van der Waals surface area contributed by atoms with Crippen LogP contribution in [0.3, 0.4) is 0 Å². The molecule has 106 valence electrons. The summed E-state index contributed by atoms with van der Waals surface area (Å²) < 4.78 is 31.3. The highest BCUT2D eigenvalue weighted by molar-refractivity contribution is 5.57. The zero-order valence-electron chi connectivity index (χ0n) is 11.5. The second kappa shape index (κ2) is 6.37. The third-order valence-corrected chi connectivity index (χ3v) is 3.17. The van der Waals surface area contributed by atoms with E-state index in [1.54, 1.807) is 18.2 Å². The van der Waals surface area contributed by atoms with Crippen molar-refractivity contribution in [3.05, 3.63) is 59.7 Å². The van der Waals surface area contributed by atoms with Gasteiger partial charge in [-0.15, -0.1) is 0 Å². The van der Waals surface area contributed by atoms with Gasteiger partial charge in [-0.05, 0) is 36.2 Å². The van der Waals surface area contributed by atoms with Gasteiger partial charge in [0.2, 0.25) is 0 Å². The Morgan fingerprint density at radius 3 is 2.30 bits per heavy atom. The van der Waals surface area contributed by atoms with E-state index >= 15 is 0 Å². The Kier molecular flexibility index (Phi) is 4.56. The Morgan fingerprint density at radius 2 is 1.70 bits per heavy atom. The molecule has 2 rings (SSSR count). The second-order valence-corrected chi connectivity index (χ2v) is 4.50. The molecule has 0 aliphatic rings. The summed E-state index contributed by atoms with van der Waals surface area (Å²) in [5, 5.41) is 3.30. The lowest BCUT2D eigenvalue weighted by molar-refractivity contribution is 0.412. The van der Waals surface area contributed by atoms with Crippen LogP contribution in [0.2, 0.25) is 0 Å². The van der Waals surface area contributed by atoms with E-state index in [4.69, 9.17) is 4.74 Å². The van der Waals surface area contributed by atoms with Crippen LogP contribution in [0, 0.1) is 11.6 Å². The van der Waals surface area contributed by atoms with Crippen LogP contribution in [-0.4, -0.2) is 7.11 Å². The van der Waals surface area contributed by atoms with Crippen LogP contribution < -0.4 is 10.1 Å². The second-order valence-electron chi connectivity index (χ2n) is 4.50. The van der Waals surface area contributed by atoms with E-state index in [0.717, 1.165) is 12.0 Å². The molecule has 0 saturated carbocycles. The summed E-state index contributed by atoms with van der Waals surface area (Å²) in [4.78, 5) is 0. The fourth-order valence-corrected chi connectivity index (χ4v) is 2.09. The fraction of sp³-hybridized carbons (Fsp3) is 0.250. The Balaban J connectivity index is 2.24. The topological polar surface area (TPSA) is 21.3 Å². The van der Waals surface area contributed by atoms with Gasteiger partial charge in [0, 0.05) is 6.07 Å². The molecule has 0 bridgehead atoms. The van der Waals surface area contributed by atoms with E-state index in [1.807, 2.05) is 6.92 Å². The number of nitrogens with one attached hydrogen (secondary N) is 1. The molecular weight excluding hydrogens is 260 g/mol. The van der Waals surface area contributed by atoms with Crippen molar-refractivity contribution in [1.82, 2.24) is 0 Å². The van der Waals surface area contributed by atoms with Crippen molar-refractivity contribution in [2.75, 3.05) is 12.4 Å². The Hall–Kier alpha value is -2.10. The molecule has 20 heavy (non-hydrogen) atoms. The minimum absolute atomic E-state index is 0.00922. The maximum atomic E-state index is 13.2. The van der Waals surface area contributed by atoms with Crippen LogP contribution in [0.5, 0.6) is 5.75 Å². The minimum Gasteiger partial charge on any atom is -0.494 e. The first-order valence-corrected chi connectivity index (χ1v) is 6.49. The number of benzene rings is 2. The minimum atomic E-state index is -0.345. The number of methoxy groups -OCH3 is 1. The van der Waals surface area contributed by atoms with Gasteiger partial charge < -0.3 is 10.1 Å². The molecule has 0 spiro atoms. The van der Waals surface area contributed by atoms with Crippen molar-refractivity contribution in [3.63, 3.8) is 0 Å². The van der Waals surface area contributed by atoms with E-state index in [2.05, 4.69) is 5.32 Å². The van der Waals surface area contributed by atoms with Crippen molar-refractivity contribution < 1.29 is 13.5 Å². The predicted molar refractivity (Wildman–Crippen MR) is 76.0 cm³/mol. The Labute approximate surface area is 117 Å². The summed E-state index contributed by atoms with van der Waals surface area (Å²) in [6.07, 6.45) is 0.812. The average Bonchev–Trinajstić information content (AvgIpc) is 2.47. The summed E-state index contributed by atoms with van der Waals surface area (Å²) in [5.41, 5.74) is 1.69. The fourth-order valence-electron chi connectivity index (χ4n) is 2.09. The van der Waals surface area contributed by atoms with Crippen LogP contribution in [0.4, 0.5) is 14.5 Å². The number of rotatable bonds is 5. The first kappa shape index (κ1) is 14.3. The van der Waals surface area contributed by atoms with Gasteiger partial charge in [0.1, 0.15) is 17.4 Å². The molecule has 0 amide bonds. The number of halogens is 2. The highest BCUT2D eigenvalue weighted by atomic mass is 19.1. The van der Waals surface area contributed by atoms with Gasteiger partial charge >= 0.3 is 0 Å². The van der Waals surface area contributed by atoms with E-state index in [-0.39, 0.29) is 17.7 Å². The quantitative estimate of drug-likeness (QED) is 0.866. The number of ether oxygens (including phenoxy) is 1. The summed E-state index contributed by atoms with van der Waals surface area (Å²) in [5.74, 6) is -0.157. The molecule has 1 unspecified atom stereocenters. The Morgan fingerprint density at radius 1 is 1.05 bits per heavy atom. The van der Waals surface area contributed by atoms with Gasteiger partial charge in [-0.1, -0.05) is 19.1 Å². The smallest absolute Gasteiger partial charge is 0.144 e. The highest BCUT2D eigenvalue weighted by Gasteiger charge is 2.12. The van der Waals surface area contributed by atoms with Crippen molar-refractivity contribution >= 4 is 5.69 Å². The SMILES string of the molecule is CCC(Nc1ccc(F)cc1OC)c1ccc(F)cc1. The molecule has 2 aromatic rings. The first-order valence-electron chi connectivity index (χ1n) is 6.49. The highest BCUT2D eigenvalue weighted by Crippen LogP contribution is 2.30. The van der Waals surface area contributed by atoms with Crippen LogP contribution in [-0.2, 0) is 0 Å². The first-order chi connectivity index (χ1) is 9.63.